The number of furan rings is 1. The summed E-state index contributed by atoms with van der Waals surface area (Å²) in [6.45, 7) is 8.00. The van der Waals surface area contributed by atoms with E-state index < -0.39 is 0 Å². The Morgan fingerprint density at radius 2 is 1.39 bits per heavy atom. The van der Waals surface area contributed by atoms with Crippen LogP contribution >= 0.6 is 15.9 Å². The van der Waals surface area contributed by atoms with E-state index in [1.807, 2.05) is 58.0 Å². The molecule has 2 aromatic carbocycles. The van der Waals surface area contributed by atoms with Crippen molar-refractivity contribution in [2.24, 2.45) is 0 Å². The van der Waals surface area contributed by atoms with Crippen LogP contribution in [0, 0.1) is 0 Å². The maximum absolute atomic E-state index is 5.69. The molecule has 0 saturated heterocycles. The first-order valence-corrected chi connectivity index (χ1v) is 7.21. The highest BCUT2D eigenvalue weighted by Gasteiger charge is 2.05. The number of hydrogen-bond acceptors (Lipinski definition) is 1. The van der Waals surface area contributed by atoms with Crippen LogP contribution in [0.2, 0.25) is 0 Å². The minimum atomic E-state index is 0.939. The molecule has 1 aromatic heterocycles. The number of hydrogen-bond donors (Lipinski definition) is 0. The van der Waals surface area contributed by atoms with Gasteiger partial charge < -0.3 is 4.42 Å². The van der Waals surface area contributed by atoms with Crippen molar-refractivity contribution < 1.29 is 4.42 Å². The van der Waals surface area contributed by atoms with E-state index in [4.69, 9.17) is 4.42 Å². The molecule has 0 aliphatic heterocycles. The molecule has 96 valence electrons. The third kappa shape index (κ3) is 2.94. The topological polar surface area (TPSA) is 13.1 Å². The van der Waals surface area contributed by atoms with E-state index in [9.17, 15) is 0 Å². The minimum Gasteiger partial charge on any atom is -0.456 e. The van der Waals surface area contributed by atoms with Gasteiger partial charge in [-0.15, -0.1) is 0 Å². The van der Waals surface area contributed by atoms with Crippen LogP contribution in [0.25, 0.3) is 21.9 Å². The van der Waals surface area contributed by atoms with Crippen LogP contribution in [0.15, 0.2) is 51.4 Å². The van der Waals surface area contributed by atoms with Crippen LogP contribution in [0.3, 0.4) is 0 Å². The molecule has 0 saturated carbocycles. The summed E-state index contributed by atoms with van der Waals surface area (Å²) in [6.07, 6.45) is 0. The van der Waals surface area contributed by atoms with E-state index in [0.717, 1.165) is 21.0 Å². The third-order valence-electron chi connectivity index (χ3n) is 2.34. The van der Waals surface area contributed by atoms with E-state index in [0.29, 0.717) is 0 Å². The highest BCUT2D eigenvalue weighted by molar-refractivity contribution is 9.10. The van der Waals surface area contributed by atoms with Crippen LogP contribution in [0.4, 0.5) is 0 Å². The number of halogens is 1. The fourth-order valence-electron chi connectivity index (χ4n) is 1.70. The molecule has 0 N–H and O–H groups in total. The predicted octanol–water partition coefficient (Wildman–Crippen LogP) is 6.40. The molecule has 1 heterocycles. The van der Waals surface area contributed by atoms with Crippen molar-refractivity contribution in [2.45, 2.75) is 27.7 Å². The predicted molar refractivity (Wildman–Crippen MR) is 84.1 cm³/mol. The molecule has 0 amide bonds. The Kier molecular flexibility index (Phi) is 5.93. The van der Waals surface area contributed by atoms with Crippen molar-refractivity contribution in [1.29, 1.82) is 0 Å². The Morgan fingerprint density at radius 3 is 2.11 bits per heavy atom. The number of fused-ring (bicyclic) bond motifs is 3. The van der Waals surface area contributed by atoms with Gasteiger partial charge in [0.05, 0.1) is 0 Å². The fourth-order valence-corrected chi connectivity index (χ4v) is 2.06. The van der Waals surface area contributed by atoms with Gasteiger partial charge in [-0.3, -0.25) is 0 Å². The lowest BCUT2D eigenvalue weighted by molar-refractivity contribution is 0.669. The first kappa shape index (κ1) is 14.8. The van der Waals surface area contributed by atoms with Gasteiger partial charge in [0.25, 0.3) is 0 Å². The summed E-state index contributed by atoms with van der Waals surface area (Å²) in [4.78, 5) is 0. The molecule has 0 spiro atoms. The zero-order valence-corrected chi connectivity index (χ0v) is 12.9. The largest absolute Gasteiger partial charge is 0.456 e. The van der Waals surface area contributed by atoms with Crippen LogP contribution in [-0.4, -0.2) is 0 Å². The Balaban J connectivity index is 0.000000371. The molecule has 0 unspecified atom stereocenters. The molecule has 1 nitrogen and oxygen atoms in total. The number of rotatable bonds is 0. The molecule has 0 bridgehead atoms. The van der Waals surface area contributed by atoms with Crippen LogP contribution in [0.5, 0.6) is 0 Å². The quantitative estimate of drug-likeness (QED) is 0.468. The second-order valence-electron chi connectivity index (χ2n) is 3.24. The lowest BCUT2D eigenvalue weighted by atomic mass is 10.2. The normalized spacial score (nSPS) is 9.39. The zero-order valence-electron chi connectivity index (χ0n) is 11.3. The van der Waals surface area contributed by atoms with Gasteiger partial charge in [0.2, 0.25) is 0 Å². The first-order chi connectivity index (χ1) is 8.84. The van der Waals surface area contributed by atoms with Crippen molar-refractivity contribution in [1.82, 2.24) is 0 Å². The second kappa shape index (κ2) is 7.22. The molecule has 2 heteroatoms. The maximum atomic E-state index is 5.69. The molecule has 0 aliphatic carbocycles. The first-order valence-electron chi connectivity index (χ1n) is 6.41. The monoisotopic (exact) mass is 306 g/mol. The summed E-state index contributed by atoms with van der Waals surface area (Å²) in [6, 6.07) is 14.1. The smallest absolute Gasteiger partial charge is 0.135 e. The van der Waals surface area contributed by atoms with E-state index >= 15 is 0 Å². The summed E-state index contributed by atoms with van der Waals surface area (Å²) >= 11 is 3.46. The van der Waals surface area contributed by atoms with Crippen LogP contribution < -0.4 is 0 Å². The number of benzene rings is 2. The van der Waals surface area contributed by atoms with Gasteiger partial charge in [-0.1, -0.05) is 61.8 Å². The van der Waals surface area contributed by atoms with E-state index in [2.05, 4.69) is 28.1 Å². The van der Waals surface area contributed by atoms with Crippen molar-refractivity contribution in [3.8, 4) is 0 Å². The van der Waals surface area contributed by atoms with Gasteiger partial charge >= 0.3 is 0 Å². The Labute approximate surface area is 117 Å². The molecular weight excluding hydrogens is 288 g/mol. The summed E-state index contributed by atoms with van der Waals surface area (Å²) in [5, 5.41) is 2.33. The van der Waals surface area contributed by atoms with Gasteiger partial charge in [-0.2, -0.15) is 0 Å². The highest BCUT2D eigenvalue weighted by Crippen LogP contribution is 2.30. The summed E-state index contributed by atoms with van der Waals surface area (Å²) in [7, 11) is 0. The van der Waals surface area contributed by atoms with E-state index in [-0.39, 0.29) is 0 Å². The van der Waals surface area contributed by atoms with Gasteiger partial charge in [0, 0.05) is 15.2 Å². The van der Waals surface area contributed by atoms with E-state index in [1.165, 1.54) is 5.39 Å². The molecule has 0 radical (unpaired) electrons. The van der Waals surface area contributed by atoms with Gasteiger partial charge in [0.1, 0.15) is 11.2 Å². The summed E-state index contributed by atoms with van der Waals surface area (Å²) in [5.74, 6) is 0. The molecule has 3 aromatic rings. The lowest BCUT2D eigenvalue weighted by Crippen LogP contribution is -1.66. The van der Waals surface area contributed by atoms with Crippen molar-refractivity contribution >= 4 is 37.9 Å². The molecular formula is C16H19BrO. The number of para-hydroxylation sites is 1. The molecule has 18 heavy (non-hydrogen) atoms. The molecule has 3 rings (SSSR count). The summed E-state index contributed by atoms with van der Waals surface area (Å²) in [5.41, 5.74) is 1.88. The van der Waals surface area contributed by atoms with Gasteiger partial charge in [-0.25, -0.2) is 0 Å². The highest BCUT2D eigenvalue weighted by atomic mass is 79.9. The minimum absolute atomic E-state index is 0.939. The van der Waals surface area contributed by atoms with Crippen molar-refractivity contribution in [3.63, 3.8) is 0 Å². The fraction of sp³-hybridized carbons (Fsp3) is 0.250. The summed E-state index contributed by atoms with van der Waals surface area (Å²) < 4.78 is 6.77. The average Bonchev–Trinajstić information content (AvgIpc) is 2.81. The van der Waals surface area contributed by atoms with Crippen molar-refractivity contribution in [3.05, 3.63) is 46.9 Å². The maximum Gasteiger partial charge on any atom is 0.135 e. The Bertz CT molecular complexity index is 611. The van der Waals surface area contributed by atoms with Gasteiger partial charge in [0.15, 0.2) is 0 Å². The van der Waals surface area contributed by atoms with Crippen LogP contribution in [-0.2, 0) is 0 Å². The molecule has 0 aliphatic rings. The van der Waals surface area contributed by atoms with Crippen LogP contribution in [0.1, 0.15) is 27.7 Å². The third-order valence-corrected chi connectivity index (χ3v) is 2.83. The zero-order chi connectivity index (χ0) is 13.5. The van der Waals surface area contributed by atoms with E-state index in [1.54, 1.807) is 0 Å². The second-order valence-corrected chi connectivity index (χ2v) is 4.15. The lowest BCUT2D eigenvalue weighted by Gasteiger charge is -1.89. The molecule has 0 atom stereocenters. The standard InChI is InChI=1S/C12H7BrO.2C2H6/c13-8-5-6-12-10(7-8)9-3-1-2-4-11(9)14-12;2*1-2/h1-7H;2*1-2H3. The van der Waals surface area contributed by atoms with Crippen molar-refractivity contribution in [2.75, 3.05) is 0 Å². The average molecular weight is 307 g/mol. The van der Waals surface area contributed by atoms with Gasteiger partial charge in [-0.05, 0) is 24.3 Å². The Hall–Kier alpha value is -1.28. The Morgan fingerprint density at radius 1 is 0.778 bits per heavy atom. The SMILES string of the molecule is Brc1ccc2oc3ccccc3c2c1.CC.CC. The molecule has 0 fully saturated rings.